The summed E-state index contributed by atoms with van der Waals surface area (Å²) in [4.78, 5) is 16.3. The number of morpholine rings is 1. The topological polar surface area (TPSA) is 58.8 Å². The first-order valence-corrected chi connectivity index (χ1v) is 11.3. The molecule has 0 unspecified atom stereocenters. The van der Waals surface area contributed by atoms with E-state index in [-0.39, 0.29) is 0 Å². The zero-order valence-electron chi connectivity index (χ0n) is 17.8. The molecule has 5 nitrogen and oxygen atoms in total. The van der Waals surface area contributed by atoms with Crippen molar-refractivity contribution < 1.29 is 9.53 Å². The van der Waals surface area contributed by atoms with Crippen molar-refractivity contribution in [2.24, 2.45) is 5.73 Å². The van der Waals surface area contributed by atoms with Gasteiger partial charge in [0.25, 0.3) is 0 Å². The van der Waals surface area contributed by atoms with Crippen LogP contribution in [0.1, 0.15) is 34.8 Å². The van der Waals surface area contributed by atoms with Gasteiger partial charge in [-0.15, -0.1) is 0 Å². The first-order valence-electron chi connectivity index (χ1n) is 10.5. The Labute approximate surface area is 198 Å². The van der Waals surface area contributed by atoms with Crippen molar-refractivity contribution in [2.75, 3.05) is 13.1 Å². The van der Waals surface area contributed by atoms with Gasteiger partial charge < -0.3 is 20.3 Å². The number of amides is 1. The lowest BCUT2D eigenvalue weighted by Crippen LogP contribution is -2.39. The van der Waals surface area contributed by atoms with Gasteiger partial charge in [0.1, 0.15) is 10.7 Å². The van der Waals surface area contributed by atoms with Gasteiger partial charge in [0.05, 0.1) is 0 Å². The molecular weight excluding hydrogens is 442 g/mol. The van der Waals surface area contributed by atoms with Crippen molar-refractivity contribution in [1.82, 2.24) is 9.80 Å². The average Bonchev–Trinajstić information content (AvgIpc) is 2.79. The van der Waals surface area contributed by atoms with Crippen LogP contribution >= 0.6 is 23.8 Å². The molecule has 0 radical (unpaired) electrons. The maximum atomic E-state index is 11.4. The zero-order valence-corrected chi connectivity index (χ0v) is 19.3. The van der Waals surface area contributed by atoms with E-state index in [1.807, 2.05) is 42.5 Å². The number of hydrogen-bond acceptors (Lipinski definition) is 4. The molecule has 4 rings (SSSR count). The van der Waals surface area contributed by atoms with Crippen LogP contribution in [0.5, 0.6) is 0 Å². The highest BCUT2D eigenvalue weighted by Crippen LogP contribution is 2.34. The molecule has 2 N–H and O–H groups in total. The Bertz CT molecular complexity index is 1120. The average molecular weight is 466 g/mol. The van der Waals surface area contributed by atoms with Gasteiger partial charge in [0, 0.05) is 36.4 Å². The molecule has 2 aliphatic rings. The summed E-state index contributed by atoms with van der Waals surface area (Å²) in [5, 5.41) is 0.699. The maximum absolute atomic E-state index is 11.4. The van der Waals surface area contributed by atoms with E-state index in [0.717, 1.165) is 42.1 Å². The van der Waals surface area contributed by atoms with Gasteiger partial charge in [0.15, 0.2) is 11.5 Å². The number of carbonyl (C=O) groups excluding carboxylic acids is 1. The van der Waals surface area contributed by atoms with Gasteiger partial charge in [-0.1, -0.05) is 55.0 Å². The summed E-state index contributed by atoms with van der Waals surface area (Å²) in [6, 6.07) is 14.8. The molecule has 32 heavy (non-hydrogen) atoms. The van der Waals surface area contributed by atoms with Gasteiger partial charge >= 0.3 is 0 Å². The third kappa shape index (κ3) is 4.87. The van der Waals surface area contributed by atoms with Crippen LogP contribution < -0.4 is 5.73 Å². The summed E-state index contributed by atoms with van der Waals surface area (Å²) >= 11 is 11.9. The van der Waals surface area contributed by atoms with Gasteiger partial charge in [-0.25, -0.2) is 0 Å². The quantitative estimate of drug-likeness (QED) is 0.475. The molecule has 1 fully saturated rings. The maximum Gasteiger partial charge on any atom is 0.248 e. The minimum Gasteiger partial charge on any atom is -0.452 e. The number of benzene rings is 2. The number of fused-ring (bicyclic) bond motifs is 1. The molecule has 2 heterocycles. The molecule has 0 bridgehead atoms. The minimum absolute atomic E-state index is 0.457. The highest BCUT2D eigenvalue weighted by molar-refractivity contribution is 7.80. The first-order chi connectivity index (χ1) is 15.4. The van der Waals surface area contributed by atoms with Gasteiger partial charge in [-0.3, -0.25) is 4.79 Å². The van der Waals surface area contributed by atoms with Crippen LogP contribution in [-0.2, 0) is 11.3 Å². The largest absolute Gasteiger partial charge is 0.452 e. The van der Waals surface area contributed by atoms with Crippen molar-refractivity contribution in [3.05, 3.63) is 99.7 Å². The summed E-state index contributed by atoms with van der Waals surface area (Å²) in [5.41, 5.74) is 8.72. The number of ether oxygens (including phenoxy) is 1. The number of carbonyl (C=O) groups is 1. The highest BCUT2D eigenvalue weighted by Gasteiger charge is 2.32. The Morgan fingerprint density at radius 1 is 1.19 bits per heavy atom. The Kier molecular flexibility index (Phi) is 6.63. The fraction of sp³-hybridized carbons (Fsp3) is 0.200. The van der Waals surface area contributed by atoms with Crippen molar-refractivity contribution in [2.45, 2.75) is 19.9 Å². The third-order valence-corrected chi connectivity index (χ3v) is 5.97. The zero-order chi connectivity index (χ0) is 22.7. The molecule has 2 aromatic carbocycles. The van der Waals surface area contributed by atoms with E-state index in [1.54, 1.807) is 12.1 Å². The molecule has 1 saturated heterocycles. The summed E-state index contributed by atoms with van der Waals surface area (Å²) in [6.45, 7) is 4.51. The molecule has 2 aliphatic heterocycles. The number of hydrogen-bond donors (Lipinski definition) is 1. The minimum atomic E-state index is -0.457. The smallest absolute Gasteiger partial charge is 0.248 e. The van der Waals surface area contributed by atoms with Crippen LogP contribution in [0.15, 0.2) is 78.0 Å². The molecule has 7 heteroatoms. The highest BCUT2D eigenvalue weighted by atomic mass is 35.5. The summed E-state index contributed by atoms with van der Waals surface area (Å²) in [7, 11) is 0. The SMILES string of the molecule is CCCN1C=C2C(=CC1)OC(=Cc1ccc(C(N)=O)cc1)C(=S)N2Cc1ccc(Cl)cc1. The fourth-order valence-corrected chi connectivity index (χ4v) is 4.04. The van der Waals surface area contributed by atoms with Crippen molar-refractivity contribution >= 4 is 40.8 Å². The Morgan fingerprint density at radius 2 is 1.91 bits per heavy atom. The fourth-order valence-electron chi connectivity index (χ4n) is 3.65. The van der Waals surface area contributed by atoms with E-state index in [9.17, 15) is 4.79 Å². The van der Waals surface area contributed by atoms with Crippen molar-refractivity contribution in [1.29, 1.82) is 0 Å². The van der Waals surface area contributed by atoms with E-state index < -0.39 is 5.91 Å². The number of halogens is 1. The Hall–Kier alpha value is -3.09. The van der Waals surface area contributed by atoms with Crippen LogP contribution in [0.3, 0.4) is 0 Å². The number of nitrogens with two attached hydrogens (primary N) is 1. The monoisotopic (exact) mass is 465 g/mol. The van der Waals surface area contributed by atoms with Crippen LogP contribution in [0.4, 0.5) is 0 Å². The molecule has 0 saturated carbocycles. The predicted molar refractivity (Wildman–Crippen MR) is 132 cm³/mol. The lowest BCUT2D eigenvalue weighted by Gasteiger charge is -2.38. The summed E-state index contributed by atoms with van der Waals surface area (Å²) in [6.07, 6.45) is 7.16. The third-order valence-electron chi connectivity index (χ3n) is 5.29. The number of rotatable bonds is 6. The second kappa shape index (κ2) is 9.59. The van der Waals surface area contributed by atoms with E-state index in [2.05, 4.69) is 29.0 Å². The molecule has 0 aliphatic carbocycles. The first kappa shape index (κ1) is 22.1. The van der Waals surface area contributed by atoms with E-state index in [0.29, 0.717) is 27.9 Å². The van der Waals surface area contributed by atoms with Crippen LogP contribution in [-0.4, -0.2) is 33.8 Å². The lowest BCUT2D eigenvalue weighted by molar-refractivity contribution is 0.100. The molecule has 1 amide bonds. The van der Waals surface area contributed by atoms with E-state index >= 15 is 0 Å². The Balaban J connectivity index is 1.68. The molecule has 164 valence electrons. The second-order valence-corrected chi connectivity index (χ2v) is 8.52. The van der Waals surface area contributed by atoms with Crippen molar-refractivity contribution in [3.63, 3.8) is 0 Å². The van der Waals surface area contributed by atoms with Crippen molar-refractivity contribution in [3.8, 4) is 0 Å². The number of thiocarbonyl (C=S) groups is 1. The number of nitrogens with zero attached hydrogens (tertiary/aromatic N) is 2. The van der Waals surface area contributed by atoms with E-state index in [4.69, 9.17) is 34.3 Å². The van der Waals surface area contributed by atoms with Gasteiger partial charge in [0.2, 0.25) is 5.91 Å². The predicted octanol–water partition coefficient (Wildman–Crippen LogP) is 5.09. The normalized spacial score (nSPS) is 16.9. The molecule has 2 aromatic rings. The van der Waals surface area contributed by atoms with E-state index in [1.165, 1.54) is 0 Å². The lowest BCUT2D eigenvalue weighted by atomic mass is 10.1. The van der Waals surface area contributed by atoms with Crippen LogP contribution in [0.2, 0.25) is 5.02 Å². The van der Waals surface area contributed by atoms with Gasteiger partial charge in [-0.05, 0) is 54.0 Å². The Morgan fingerprint density at radius 3 is 2.56 bits per heavy atom. The van der Waals surface area contributed by atoms with Crippen LogP contribution in [0.25, 0.3) is 6.08 Å². The second-order valence-electron chi connectivity index (χ2n) is 7.69. The molecule has 0 atom stereocenters. The summed E-state index contributed by atoms with van der Waals surface area (Å²) in [5.74, 6) is 0.926. The van der Waals surface area contributed by atoms with Gasteiger partial charge in [-0.2, -0.15) is 0 Å². The number of primary amides is 1. The van der Waals surface area contributed by atoms with Crippen LogP contribution in [0, 0.1) is 0 Å². The summed E-state index contributed by atoms with van der Waals surface area (Å²) < 4.78 is 6.23. The molecular formula is C25H24ClN3O2S. The molecule has 0 aromatic heterocycles. The standard InChI is InChI=1S/C25H24ClN3O2S/c1-2-12-28-13-11-22-21(16-28)29(15-18-5-9-20(26)10-6-18)25(32)23(31-22)14-17-3-7-19(8-4-17)24(27)30/h3-11,14,16H,2,12-13,15H2,1H3,(H2,27,30). The molecule has 0 spiro atoms.